The number of esters is 1. The van der Waals surface area contributed by atoms with Gasteiger partial charge in [-0.25, -0.2) is 13.6 Å². The maximum atomic E-state index is 13.5. The highest BCUT2D eigenvalue weighted by atomic mass is 32.1. The van der Waals surface area contributed by atoms with Gasteiger partial charge in [-0.2, -0.15) is 5.26 Å². The van der Waals surface area contributed by atoms with Gasteiger partial charge < -0.3 is 10.1 Å². The average Bonchev–Trinajstić information content (AvgIpc) is 3.13. The summed E-state index contributed by atoms with van der Waals surface area (Å²) in [7, 11) is 0. The molecular weight excluding hydrogens is 350 g/mol. The number of ether oxygens (including phenoxy) is 1. The summed E-state index contributed by atoms with van der Waals surface area (Å²) in [5, 5.41) is 12.2. The molecule has 0 saturated carbocycles. The Kier molecular flexibility index (Phi) is 4.76. The topological polar surface area (TPSA) is 79.2 Å². The molecule has 1 aliphatic carbocycles. The minimum atomic E-state index is -1.07. The molecule has 0 spiro atoms. The van der Waals surface area contributed by atoms with Crippen molar-refractivity contribution in [2.24, 2.45) is 0 Å². The molecule has 1 heterocycles. The molecule has 0 unspecified atom stereocenters. The van der Waals surface area contributed by atoms with Gasteiger partial charge in [0.1, 0.15) is 22.7 Å². The predicted molar refractivity (Wildman–Crippen MR) is 86.3 cm³/mol. The molecule has 1 aromatic carbocycles. The van der Waals surface area contributed by atoms with Gasteiger partial charge in [0.25, 0.3) is 5.91 Å². The van der Waals surface area contributed by atoms with E-state index < -0.39 is 35.7 Å². The second-order valence-electron chi connectivity index (χ2n) is 5.42. The lowest BCUT2D eigenvalue weighted by Crippen LogP contribution is -2.21. The molecule has 0 radical (unpaired) electrons. The smallest absolute Gasteiger partial charge is 0.341 e. The number of hydrogen-bond donors (Lipinski definition) is 1. The van der Waals surface area contributed by atoms with Gasteiger partial charge in [-0.15, -0.1) is 11.3 Å². The number of halogens is 2. The number of anilines is 1. The van der Waals surface area contributed by atoms with Crippen LogP contribution in [0.2, 0.25) is 0 Å². The van der Waals surface area contributed by atoms with Gasteiger partial charge in [0.15, 0.2) is 6.61 Å². The fourth-order valence-electron chi connectivity index (χ4n) is 2.64. The second kappa shape index (κ2) is 6.99. The first-order valence-corrected chi connectivity index (χ1v) is 8.28. The highest BCUT2D eigenvalue weighted by molar-refractivity contribution is 7.16. The van der Waals surface area contributed by atoms with Crippen LogP contribution < -0.4 is 5.32 Å². The van der Waals surface area contributed by atoms with Crippen molar-refractivity contribution in [1.82, 2.24) is 0 Å². The Bertz CT molecular complexity index is 902. The monoisotopic (exact) mass is 362 g/mol. The van der Waals surface area contributed by atoms with Gasteiger partial charge in [-0.3, -0.25) is 4.79 Å². The number of thiophene rings is 1. The number of carbonyl (C=O) groups is 2. The molecule has 3 rings (SSSR count). The zero-order valence-corrected chi connectivity index (χ0v) is 13.7. The van der Waals surface area contributed by atoms with E-state index >= 15 is 0 Å². The summed E-state index contributed by atoms with van der Waals surface area (Å²) < 4.78 is 31.1. The molecule has 0 aliphatic heterocycles. The molecule has 8 heteroatoms. The molecule has 0 bridgehead atoms. The fourth-order valence-corrected chi connectivity index (χ4v) is 3.89. The summed E-state index contributed by atoms with van der Waals surface area (Å²) in [6.45, 7) is -0.636. The number of nitrogens with one attached hydrogen (secondary N) is 1. The first-order chi connectivity index (χ1) is 12.0. The highest BCUT2D eigenvalue weighted by Gasteiger charge is 2.23. The Labute approximate surface area is 145 Å². The Morgan fingerprint density at radius 3 is 2.84 bits per heavy atom. The Hall–Kier alpha value is -2.79. The van der Waals surface area contributed by atoms with Gasteiger partial charge in [-0.1, -0.05) is 0 Å². The van der Waals surface area contributed by atoms with Crippen molar-refractivity contribution in [3.05, 3.63) is 51.4 Å². The van der Waals surface area contributed by atoms with E-state index in [2.05, 4.69) is 11.4 Å². The molecule has 1 amide bonds. The van der Waals surface area contributed by atoms with Crippen LogP contribution in [-0.4, -0.2) is 18.5 Å². The Morgan fingerprint density at radius 1 is 1.32 bits per heavy atom. The van der Waals surface area contributed by atoms with Gasteiger partial charge in [0.05, 0.1) is 11.1 Å². The van der Waals surface area contributed by atoms with Crippen molar-refractivity contribution in [2.75, 3.05) is 11.9 Å². The van der Waals surface area contributed by atoms with E-state index in [4.69, 9.17) is 4.74 Å². The van der Waals surface area contributed by atoms with E-state index in [1.54, 1.807) is 0 Å². The van der Waals surface area contributed by atoms with E-state index in [-0.39, 0.29) is 0 Å². The van der Waals surface area contributed by atoms with Crippen LogP contribution in [0.25, 0.3) is 0 Å². The third-order valence-corrected chi connectivity index (χ3v) is 4.98. The number of rotatable bonds is 4. The first kappa shape index (κ1) is 17.0. The van der Waals surface area contributed by atoms with Crippen LogP contribution in [0.15, 0.2) is 18.2 Å². The van der Waals surface area contributed by atoms with Crippen molar-refractivity contribution < 1.29 is 23.1 Å². The largest absolute Gasteiger partial charge is 0.452 e. The predicted octanol–water partition coefficient (Wildman–Crippen LogP) is 3.18. The number of fused-ring (bicyclic) bond motifs is 1. The number of nitrogens with zero attached hydrogens (tertiary/aromatic N) is 1. The minimum absolute atomic E-state index is 0.432. The SMILES string of the molecule is N#Cc1c(NC(=O)COC(=O)c2ccc(F)cc2F)sc2c1CCC2. The van der Waals surface area contributed by atoms with Crippen molar-refractivity contribution in [3.8, 4) is 6.07 Å². The van der Waals surface area contributed by atoms with E-state index in [0.717, 1.165) is 41.8 Å². The molecule has 0 atom stereocenters. The molecule has 2 aromatic rings. The van der Waals surface area contributed by atoms with Gasteiger partial charge in [-0.05, 0) is 37.0 Å². The quantitative estimate of drug-likeness (QED) is 0.847. The molecule has 1 aliphatic rings. The standard InChI is InChI=1S/C17H12F2N2O3S/c18-9-4-5-11(13(19)6-9)17(23)24-8-15(22)21-16-12(7-20)10-2-1-3-14(10)25-16/h4-6H,1-3,8H2,(H,21,22). The zero-order chi connectivity index (χ0) is 18.0. The summed E-state index contributed by atoms with van der Waals surface area (Å²) in [4.78, 5) is 24.8. The second-order valence-corrected chi connectivity index (χ2v) is 6.53. The maximum absolute atomic E-state index is 13.5. The van der Waals surface area contributed by atoms with Crippen LogP contribution in [-0.2, 0) is 22.4 Å². The molecule has 0 fully saturated rings. The normalized spacial score (nSPS) is 12.4. The maximum Gasteiger partial charge on any atom is 0.341 e. The lowest BCUT2D eigenvalue weighted by Gasteiger charge is -2.06. The number of amides is 1. The minimum Gasteiger partial charge on any atom is -0.452 e. The van der Waals surface area contributed by atoms with Crippen LogP contribution >= 0.6 is 11.3 Å². The lowest BCUT2D eigenvalue weighted by molar-refractivity contribution is -0.119. The van der Waals surface area contributed by atoms with Crippen LogP contribution in [0.3, 0.4) is 0 Å². The van der Waals surface area contributed by atoms with E-state index in [9.17, 15) is 23.6 Å². The summed E-state index contributed by atoms with van der Waals surface area (Å²) >= 11 is 1.34. The number of carbonyl (C=O) groups excluding carboxylic acids is 2. The molecular formula is C17H12F2N2O3S. The number of benzene rings is 1. The van der Waals surface area contributed by atoms with Crippen LogP contribution in [0.4, 0.5) is 13.8 Å². The highest BCUT2D eigenvalue weighted by Crippen LogP contribution is 2.38. The third-order valence-electron chi connectivity index (χ3n) is 3.77. The molecule has 1 N–H and O–H groups in total. The Morgan fingerprint density at radius 2 is 2.12 bits per heavy atom. The van der Waals surface area contributed by atoms with E-state index in [1.165, 1.54) is 11.3 Å². The van der Waals surface area contributed by atoms with E-state index in [0.29, 0.717) is 16.6 Å². The first-order valence-electron chi connectivity index (χ1n) is 7.46. The number of aryl methyl sites for hydroxylation is 1. The van der Waals surface area contributed by atoms with Crippen LogP contribution in [0, 0.1) is 23.0 Å². The third kappa shape index (κ3) is 3.51. The Balaban J connectivity index is 1.62. The summed E-state index contributed by atoms with van der Waals surface area (Å²) in [6, 6.07) is 4.52. The van der Waals surface area contributed by atoms with Crippen LogP contribution in [0.1, 0.15) is 32.8 Å². The molecule has 128 valence electrons. The summed E-state index contributed by atoms with van der Waals surface area (Å²) in [5.41, 5.74) is 0.956. The summed E-state index contributed by atoms with van der Waals surface area (Å²) in [6.07, 6.45) is 2.68. The average molecular weight is 362 g/mol. The zero-order valence-electron chi connectivity index (χ0n) is 12.9. The van der Waals surface area contributed by atoms with Crippen molar-refractivity contribution in [1.29, 1.82) is 5.26 Å². The van der Waals surface area contributed by atoms with Gasteiger partial charge in [0.2, 0.25) is 0 Å². The van der Waals surface area contributed by atoms with Crippen LogP contribution in [0.5, 0.6) is 0 Å². The molecule has 25 heavy (non-hydrogen) atoms. The molecule has 5 nitrogen and oxygen atoms in total. The van der Waals surface area contributed by atoms with Crippen molar-refractivity contribution in [2.45, 2.75) is 19.3 Å². The fraction of sp³-hybridized carbons (Fsp3) is 0.235. The van der Waals surface area contributed by atoms with Crippen molar-refractivity contribution >= 4 is 28.2 Å². The molecule has 1 aromatic heterocycles. The van der Waals surface area contributed by atoms with Gasteiger partial charge in [0, 0.05) is 10.9 Å². The van der Waals surface area contributed by atoms with Gasteiger partial charge >= 0.3 is 5.97 Å². The lowest BCUT2D eigenvalue weighted by atomic mass is 10.1. The van der Waals surface area contributed by atoms with E-state index in [1.807, 2.05) is 0 Å². The van der Waals surface area contributed by atoms with Crippen molar-refractivity contribution in [3.63, 3.8) is 0 Å². The summed E-state index contributed by atoms with van der Waals surface area (Å²) in [5.74, 6) is -3.58. The number of hydrogen-bond acceptors (Lipinski definition) is 5. The molecule has 0 saturated heterocycles. The number of nitriles is 1.